The molecule has 0 amide bonds. The number of hydrogen-bond donors (Lipinski definition) is 1. The van der Waals surface area contributed by atoms with Crippen LogP contribution in [-0.4, -0.2) is 44.7 Å². The minimum absolute atomic E-state index is 0.0751. The fourth-order valence-electron chi connectivity index (χ4n) is 3.02. The monoisotopic (exact) mass is 430 g/mol. The van der Waals surface area contributed by atoms with Gasteiger partial charge >= 0.3 is 0 Å². The molecule has 1 N–H and O–H groups in total. The van der Waals surface area contributed by atoms with E-state index < -0.39 is 10.0 Å². The van der Waals surface area contributed by atoms with Gasteiger partial charge < -0.3 is 9.64 Å². The number of nitrogens with one attached hydrogen (secondary N) is 1. The van der Waals surface area contributed by atoms with Crippen molar-refractivity contribution >= 4 is 33.1 Å². The highest BCUT2D eigenvalue weighted by Crippen LogP contribution is 2.29. The Morgan fingerprint density at radius 1 is 0.966 bits per heavy atom. The third-order valence-corrected chi connectivity index (χ3v) is 6.24. The summed E-state index contributed by atoms with van der Waals surface area (Å²) in [5, 5.41) is 0.0751. The van der Waals surface area contributed by atoms with E-state index >= 15 is 0 Å². The number of morpholine rings is 1. The maximum absolute atomic E-state index is 12.6. The molecule has 0 aliphatic carbocycles. The summed E-state index contributed by atoms with van der Waals surface area (Å²) in [7, 11) is -3.76. The van der Waals surface area contributed by atoms with Crippen LogP contribution in [0.2, 0.25) is 5.15 Å². The molecule has 1 aliphatic rings. The fraction of sp³-hybridized carbons (Fsp3) is 0.200. The molecule has 1 aromatic carbocycles. The molecule has 3 heterocycles. The zero-order valence-electron chi connectivity index (χ0n) is 15.5. The van der Waals surface area contributed by atoms with Crippen LogP contribution in [0.3, 0.4) is 0 Å². The van der Waals surface area contributed by atoms with Crippen molar-refractivity contribution in [3.63, 3.8) is 0 Å². The summed E-state index contributed by atoms with van der Waals surface area (Å²) in [5.41, 5.74) is 1.73. The summed E-state index contributed by atoms with van der Waals surface area (Å²) >= 11 is 6.13. The molecule has 2 aromatic heterocycles. The molecule has 1 fully saturated rings. The van der Waals surface area contributed by atoms with Gasteiger partial charge in [0.05, 0.1) is 23.8 Å². The minimum Gasteiger partial charge on any atom is -0.378 e. The first-order valence-corrected chi connectivity index (χ1v) is 10.9. The summed E-state index contributed by atoms with van der Waals surface area (Å²) < 4.78 is 33.1. The molecule has 0 radical (unpaired) electrons. The molecule has 7 nitrogen and oxygen atoms in total. The smallest absolute Gasteiger partial charge is 0.261 e. The number of ether oxygens (including phenoxy) is 1. The zero-order valence-corrected chi connectivity index (χ0v) is 17.0. The van der Waals surface area contributed by atoms with E-state index in [0.717, 1.165) is 24.5 Å². The van der Waals surface area contributed by atoms with Crippen LogP contribution in [0.15, 0.2) is 65.8 Å². The molecule has 3 aromatic rings. The zero-order chi connectivity index (χ0) is 20.3. The van der Waals surface area contributed by atoms with Crippen molar-refractivity contribution in [1.29, 1.82) is 0 Å². The van der Waals surface area contributed by atoms with E-state index in [9.17, 15) is 8.42 Å². The Labute approximate surface area is 174 Å². The third kappa shape index (κ3) is 4.50. The molecule has 29 heavy (non-hydrogen) atoms. The number of benzene rings is 1. The number of rotatable bonds is 5. The van der Waals surface area contributed by atoms with Gasteiger partial charge in [-0.1, -0.05) is 29.8 Å². The van der Waals surface area contributed by atoms with Crippen LogP contribution in [0, 0.1) is 0 Å². The van der Waals surface area contributed by atoms with Crippen LogP contribution >= 0.6 is 11.6 Å². The molecule has 9 heteroatoms. The number of halogens is 1. The average Bonchev–Trinajstić information content (AvgIpc) is 2.76. The summed E-state index contributed by atoms with van der Waals surface area (Å²) in [6, 6.07) is 13.6. The largest absolute Gasteiger partial charge is 0.378 e. The number of sulfonamides is 1. The van der Waals surface area contributed by atoms with Crippen LogP contribution in [-0.2, 0) is 14.8 Å². The van der Waals surface area contributed by atoms with Gasteiger partial charge in [0.1, 0.15) is 5.82 Å². The normalized spacial score (nSPS) is 14.6. The van der Waals surface area contributed by atoms with Crippen LogP contribution in [0.25, 0.3) is 11.1 Å². The van der Waals surface area contributed by atoms with Gasteiger partial charge in [-0.25, -0.2) is 18.4 Å². The standard InChI is InChI=1S/C20H19ClN4O3S/c21-20-18(24-29(26,27)17-4-2-1-3-5-17)12-16(14-23-20)15-6-7-19(22-13-15)25-8-10-28-11-9-25/h1-7,12-14,24H,8-11H2. The Bertz CT molecular complexity index is 1090. The van der Waals surface area contributed by atoms with E-state index in [4.69, 9.17) is 16.3 Å². The lowest BCUT2D eigenvalue weighted by Gasteiger charge is -2.27. The topological polar surface area (TPSA) is 84.4 Å². The maximum atomic E-state index is 12.6. The summed E-state index contributed by atoms with van der Waals surface area (Å²) in [6.45, 7) is 2.99. The number of hydrogen-bond acceptors (Lipinski definition) is 6. The van der Waals surface area contributed by atoms with E-state index in [1.54, 1.807) is 36.7 Å². The number of anilines is 2. The first-order valence-electron chi connectivity index (χ1n) is 9.05. The lowest BCUT2D eigenvalue weighted by Crippen LogP contribution is -2.36. The fourth-order valence-corrected chi connectivity index (χ4v) is 4.30. The van der Waals surface area contributed by atoms with Crippen molar-refractivity contribution in [1.82, 2.24) is 9.97 Å². The van der Waals surface area contributed by atoms with Gasteiger partial charge in [-0.05, 0) is 30.3 Å². The third-order valence-electron chi connectivity index (χ3n) is 4.55. The van der Waals surface area contributed by atoms with Crippen molar-refractivity contribution in [2.24, 2.45) is 0 Å². The van der Waals surface area contributed by atoms with Gasteiger partial charge in [-0.2, -0.15) is 0 Å². The summed E-state index contributed by atoms with van der Waals surface area (Å²) in [6.07, 6.45) is 3.33. The first kappa shape index (κ1) is 19.6. The Morgan fingerprint density at radius 2 is 1.69 bits per heavy atom. The molecule has 1 saturated heterocycles. The molecule has 0 saturated carbocycles. The van der Waals surface area contributed by atoms with Crippen molar-refractivity contribution in [2.45, 2.75) is 4.90 Å². The second kappa shape index (κ2) is 8.36. The van der Waals surface area contributed by atoms with E-state index in [2.05, 4.69) is 19.6 Å². The van der Waals surface area contributed by atoms with Crippen LogP contribution in [0.5, 0.6) is 0 Å². The van der Waals surface area contributed by atoms with Crippen molar-refractivity contribution in [2.75, 3.05) is 35.9 Å². The average molecular weight is 431 g/mol. The molecule has 150 valence electrons. The van der Waals surface area contributed by atoms with E-state index in [-0.39, 0.29) is 15.7 Å². The van der Waals surface area contributed by atoms with Gasteiger partial charge in [0.25, 0.3) is 10.0 Å². The lowest BCUT2D eigenvalue weighted by molar-refractivity contribution is 0.122. The molecule has 0 bridgehead atoms. The highest BCUT2D eigenvalue weighted by molar-refractivity contribution is 7.92. The van der Waals surface area contributed by atoms with Crippen molar-refractivity contribution < 1.29 is 13.2 Å². The summed E-state index contributed by atoms with van der Waals surface area (Å²) in [4.78, 5) is 11.0. The molecule has 0 unspecified atom stereocenters. The van der Waals surface area contributed by atoms with E-state index in [1.165, 1.54) is 12.1 Å². The van der Waals surface area contributed by atoms with Crippen LogP contribution < -0.4 is 9.62 Å². The first-order chi connectivity index (χ1) is 14.0. The highest BCUT2D eigenvalue weighted by atomic mass is 35.5. The minimum atomic E-state index is -3.76. The Morgan fingerprint density at radius 3 is 2.38 bits per heavy atom. The van der Waals surface area contributed by atoms with Gasteiger partial charge in [-0.3, -0.25) is 4.72 Å². The van der Waals surface area contributed by atoms with Crippen LogP contribution in [0.4, 0.5) is 11.5 Å². The maximum Gasteiger partial charge on any atom is 0.261 e. The summed E-state index contributed by atoms with van der Waals surface area (Å²) in [5.74, 6) is 0.879. The molecular formula is C20H19ClN4O3S. The Kier molecular flexibility index (Phi) is 5.66. The quantitative estimate of drug-likeness (QED) is 0.624. The van der Waals surface area contributed by atoms with Gasteiger partial charge in [0.15, 0.2) is 5.15 Å². The van der Waals surface area contributed by atoms with Gasteiger partial charge in [0, 0.05) is 36.6 Å². The molecule has 1 aliphatic heterocycles. The highest BCUT2D eigenvalue weighted by Gasteiger charge is 2.17. The van der Waals surface area contributed by atoms with Gasteiger partial charge in [-0.15, -0.1) is 0 Å². The number of pyridine rings is 2. The predicted molar refractivity (Wildman–Crippen MR) is 113 cm³/mol. The van der Waals surface area contributed by atoms with E-state index in [1.807, 2.05) is 12.1 Å². The molecule has 0 spiro atoms. The molecule has 4 rings (SSSR count). The number of aromatic nitrogens is 2. The molecule has 0 atom stereocenters. The Hall–Kier alpha value is -2.68. The number of nitrogens with zero attached hydrogens (tertiary/aromatic N) is 3. The molecular weight excluding hydrogens is 412 g/mol. The lowest BCUT2D eigenvalue weighted by atomic mass is 10.1. The van der Waals surface area contributed by atoms with Crippen molar-refractivity contribution in [3.05, 3.63) is 66.1 Å². The second-order valence-corrected chi connectivity index (χ2v) is 8.53. The van der Waals surface area contributed by atoms with Crippen molar-refractivity contribution in [3.8, 4) is 11.1 Å². The predicted octanol–water partition coefficient (Wildman–Crippen LogP) is 3.43. The van der Waals surface area contributed by atoms with Crippen LogP contribution in [0.1, 0.15) is 0 Å². The van der Waals surface area contributed by atoms with Gasteiger partial charge in [0.2, 0.25) is 0 Å². The van der Waals surface area contributed by atoms with E-state index in [0.29, 0.717) is 18.8 Å². The second-order valence-electron chi connectivity index (χ2n) is 6.49. The SMILES string of the molecule is O=S(=O)(Nc1cc(-c2ccc(N3CCOCC3)nc2)cnc1Cl)c1ccccc1. The Balaban J connectivity index is 1.58.